The Bertz CT molecular complexity index is 760. The fourth-order valence-electron chi connectivity index (χ4n) is 1.82. The lowest BCUT2D eigenvalue weighted by atomic mass is 10.1. The summed E-state index contributed by atoms with van der Waals surface area (Å²) in [6, 6.07) is 9.17. The molecule has 1 N–H and O–H groups in total. The number of rotatable bonds is 7. The van der Waals surface area contributed by atoms with E-state index in [0.29, 0.717) is 11.7 Å². The van der Waals surface area contributed by atoms with E-state index in [-0.39, 0.29) is 5.57 Å². The van der Waals surface area contributed by atoms with Gasteiger partial charge in [-0.1, -0.05) is 36.8 Å². The molecule has 124 valence electrons. The van der Waals surface area contributed by atoms with Gasteiger partial charge >= 0.3 is 0 Å². The van der Waals surface area contributed by atoms with E-state index in [9.17, 15) is 10.1 Å². The molecule has 0 spiro atoms. The van der Waals surface area contributed by atoms with Gasteiger partial charge in [0, 0.05) is 0 Å². The van der Waals surface area contributed by atoms with Crippen LogP contribution in [0.3, 0.4) is 0 Å². The fraction of sp³-hybridized carbons (Fsp3) is 0.294. The largest absolute Gasteiger partial charge is 0.494 e. The van der Waals surface area contributed by atoms with Crippen molar-refractivity contribution in [1.82, 2.24) is 10.2 Å². The Kier molecular flexibility index (Phi) is 6.46. The number of hydrogen-bond acceptors (Lipinski definition) is 6. The molecule has 0 atom stereocenters. The van der Waals surface area contributed by atoms with Crippen LogP contribution in [0.1, 0.15) is 30.3 Å². The molecule has 1 amide bonds. The molecule has 0 aliphatic carbocycles. The Morgan fingerprint density at radius 2 is 2.12 bits per heavy atom. The van der Waals surface area contributed by atoms with Gasteiger partial charge in [-0.2, -0.15) is 5.26 Å². The molecule has 6 nitrogen and oxygen atoms in total. The Morgan fingerprint density at radius 3 is 2.71 bits per heavy atom. The number of hydrogen-bond donors (Lipinski definition) is 1. The summed E-state index contributed by atoms with van der Waals surface area (Å²) in [5.41, 5.74) is 0.750. The number of nitrogens with one attached hydrogen (secondary N) is 1. The standard InChI is InChI=1S/C17H18N4O2S/c1-3-4-9-23-15-7-5-13(6-8-15)10-14(11-18)16(22)19-17-21-20-12(2)24-17/h5-8,10H,3-4,9H2,1-2H3,(H,19,21,22)/b14-10+. The maximum Gasteiger partial charge on any atom is 0.268 e. The first kappa shape index (κ1) is 17.6. The van der Waals surface area contributed by atoms with Gasteiger partial charge in [0.05, 0.1) is 6.61 Å². The van der Waals surface area contributed by atoms with Crippen molar-refractivity contribution in [2.24, 2.45) is 0 Å². The van der Waals surface area contributed by atoms with E-state index < -0.39 is 5.91 Å². The number of carbonyl (C=O) groups excluding carboxylic acids is 1. The first-order valence-corrected chi connectivity index (χ1v) is 8.40. The zero-order chi connectivity index (χ0) is 17.4. The first-order chi connectivity index (χ1) is 11.6. The summed E-state index contributed by atoms with van der Waals surface area (Å²) >= 11 is 1.25. The van der Waals surface area contributed by atoms with Crippen LogP contribution in [0.25, 0.3) is 6.08 Å². The number of aryl methyl sites for hydroxylation is 1. The highest BCUT2D eigenvalue weighted by atomic mass is 32.1. The molecule has 2 aromatic rings. The second-order valence-corrected chi connectivity index (χ2v) is 6.20. The lowest BCUT2D eigenvalue weighted by Crippen LogP contribution is -2.13. The quantitative estimate of drug-likeness (QED) is 0.472. The van der Waals surface area contributed by atoms with Crippen LogP contribution in [0, 0.1) is 18.3 Å². The fourth-order valence-corrected chi connectivity index (χ4v) is 2.41. The van der Waals surface area contributed by atoms with Crippen LogP contribution in [0.4, 0.5) is 5.13 Å². The van der Waals surface area contributed by atoms with Crippen LogP contribution < -0.4 is 10.1 Å². The van der Waals surface area contributed by atoms with E-state index >= 15 is 0 Å². The highest BCUT2D eigenvalue weighted by Crippen LogP contribution is 2.17. The predicted octanol–water partition coefficient (Wildman–Crippen LogP) is 3.57. The molecule has 1 aromatic heterocycles. The number of nitrogens with zero attached hydrogens (tertiary/aromatic N) is 3. The van der Waals surface area contributed by atoms with Gasteiger partial charge in [0.2, 0.25) is 5.13 Å². The highest BCUT2D eigenvalue weighted by Gasteiger charge is 2.12. The second kappa shape index (κ2) is 8.79. The van der Waals surface area contributed by atoms with Crippen LogP contribution in [0.15, 0.2) is 29.8 Å². The van der Waals surface area contributed by atoms with Crippen LogP contribution in [0.2, 0.25) is 0 Å². The van der Waals surface area contributed by atoms with Crippen molar-refractivity contribution < 1.29 is 9.53 Å². The summed E-state index contributed by atoms with van der Waals surface area (Å²) in [5, 5.41) is 20.5. The molecule has 0 aliphatic rings. The molecule has 0 unspecified atom stereocenters. The van der Waals surface area contributed by atoms with Crippen molar-refractivity contribution in [3.63, 3.8) is 0 Å². The Hall–Kier alpha value is -2.72. The van der Waals surface area contributed by atoms with Gasteiger partial charge in [-0.25, -0.2) is 0 Å². The van der Waals surface area contributed by atoms with Crippen molar-refractivity contribution in [3.8, 4) is 11.8 Å². The SMILES string of the molecule is CCCCOc1ccc(/C=C(\C#N)C(=O)Nc2nnc(C)s2)cc1. The van der Waals surface area contributed by atoms with Gasteiger partial charge in [-0.15, -0.1) is 10.2 Å². The molecule has 0 saturated carbocycles. The number of anilines is 1. The van der Waals surface area contributed by atoms with E-state index in [2.05, 4.69) is 22.4 Å². The van der Waals surface area contributed by atoms with Crippen molar-refractivity contribution in [2.45, 2.75) is 26.7 Å². The summed E-state index contributed by atoms with van der Waals surface area (Å²) < 4.78 is 5.58. The lowest BCUT2D eigenvalue weighted by molar-refractivity contribution is -0.112. The topological polar surface area (TPSA) is 87.9 Å². The van der Waals surface area contributed by atoms with E-state index in [4.69, 9.17) is 4.74 Å². The van der Waals surface area contributed by atoms with Crippen LogP contribution >= 0.6 is 11.3 Å². The molecule has 0 aliphatic heterocycles. The molecule has 2 rings (SSSR count). The minimum Gasteiger partial charge on any atom is -0.494 e. The number of carbonyl (C=O) groups is 1. The van der Waals surface area contributed by atoms with Gasteiger partial charge < -0.3 is 4.74 Å². The Morgan fingerprint density at radius 1 is 1.38 bits per heavy atom. The molecule has 0 fully saturated rings. The van der Waals surface area contributed by atoms with E-state index in [1.165, 1.54) is 17.4 Å². The minimum atomic E-state index is -0.503. The van der Waals surface area contributed by atoms with E-state index in [1.54, 1.807) is 19.1 Å². The molecule has 7 heteroatoms. The zero-order valence-corrected chi connectivity index (χ0v) is 14.4. The molecule has 1 heterocycles. The second-order valence-electron chi connectivity index (χ2n) is 5.02. The maximum absolute atomic E-state index is 12.1. The predicted molar refractivity (Wildman–Crippen MR) is 93.7 cm³/mol. The number of ether oxygens (including phenoxy) is 1. The Balaban J connectivity index is 2.03. The normalized spacial score (nSPS) is 11.0. The third-order valence-corrected chi connectivity index (χ3v) is 3.82. The van der Waals surface area contributed by atoms with Gasteiger partial charge in [-0.3, -0.25) is 10.1 Å². The monoisotopic (exact) mass is 342 g/mol. The summed E-state index contributed by atoms with van der Waals surface area (Å²) in [7, 11) is 0. The molecule has 0 saturated heterocycles. The van der Waals surface area contributed by atoms with Crippen molar-refractivity contribution in [1.29, 1.82) is 5.26 Å². The van der Waals surface area contributed by atoms with E-state index in [0.717, 1.165) is 29.2 Å². The van der Waals surface area contributed by atoms with Crippen molar-refractivity contribution in [3.05, 3.63) is 40.4 Å². The third-order valence-electron chi connectivity index (χ3n) is 3.07. The molecular formula is C17H18N4O2S. The molecule has 24 heavy (non-hydrogen) atoms. The van der Waals surface area contributed by atoms with Crippen LogP contribution in [0.5, 0.6) is 5.75 Å². The van der Waals surface area contributed by atoms with Crippen molar-refractivity contribution in [2.75, 3.05) is 11.9 Å². The number of benzene rings is 1. The highest BCUT2D eigenvalue weighted by molar-refractivity contribution is 7.15. The Labute approximate surface area is 144 Å². The van der Waals surface area contributed by atoms with Crippen molar-refractivity contribution >= 4 is 28.5 Å². The average Bonchev–Trinajstić information content (AvgIpc) is 2.99. The number of amides is 1. The van der Waals surface area contributed by atoms with Gasteiger partial charge in [0.15, 0.2) is 0 Å². The summed E-state index contributed by atoms with van der Waals surface area (Å²) in [6.07, 6.45) is 3.61. The van der Waals surface area contributed by atoms with Crippen LogP contribution in [-0.2, 0) is 4.79 Å². The summed E-state index contributed by atoms with van der Waals surface area (Å²) in [4.78, 5) is 12.1. The number of nitriles is 1. The minimum absolute atomic E-state index is 0.00232. The smallest absolute Gasteiger partial charge is 0.268 e. The maximum atomic E-state index is 12.1. The molecule has 0 radical (unpaired) electrons. The third kappa shape index (κ3) is 5.18. The number of aromatic nitrogens is 2. The van der Waals surface area contributed by atoms with E-state index in [1.807, 2.05) is 18.2 Å². The van der Waals surface area contributed by atoms with Crippen LogP contribution in [-0.4, -0.2) is 22.7 Å². The molecular weight excluding hydrogens is 324 g/mol. The summed E-state index contributed by atoms with van der Waals surface area (Å²) in [6.45, 7) is 4.58. The number of unbranched alkanes of at least 4 members (excludes halogenated alkanes) is 1. The first-order valence-electron chi connectivity index (χ1n) is 7.58. The summed E-state index contributed by atoms with van der Waals surface area (Å²) in [5.74, 6) is 0.268. The lowest BCUT2D eigenvalue weighted by Gasteiger charge is -2.05. The average molecular weight is 342 g/mol. The van der Waals surface area contributed by atoms with Gasteiger partial charge in [0.25, 0.3) is 5.91 Å². The van der Waals surface area contributed by atoms with Gasteiger partial charge in [0.1, 0.15) is 22.4 Å². The molecule has 0 bridgehead atoms. The molecule has 1 aromatic carbocycles. The van der Waals surface area contributed by atoms with Gasteiger partial charge in [-0.05, 0) is 37.1 Å². The zero-order valence-electron chi connectivity index (χ0n) is 13.6.